The molecule has 1 aromatic carbocycles. The molecule has 0 saturated carbocycles. The Bertz CT molecular complexity index is 509. The fourth-order valence-corrected chi connectivity index (χ4v) is 3.34. The minimum absolute atomic E-state index is 0.202. The first kappa shape index (κ1) is 12.6. The summed E-state index contributed by atoms with van der Waals surface area (Å²) >= 11 is 0. The van der Waals surface area contributed by atoms with Crippen LogP contribution in [0.3, 0.4) is 0 Å². The zero-order valence-corrected chi connectivity index (χ0v) is 10.9. The Kier molecular flexibility index (Phi) is 3.50. The Balaban J connectivity index is 1.79. The molecule has 0 bridgehead atoms. The summed E-state index contributed by atoms with van der Waals surface area (Å²) in [5, 5.41) is 12.3. The maximum absolute atomic E-state index is 13.9. The lowest BCUT2D eigenvalue weighted by Gasteiger charge is -2.37. The van der Waals surface area contributed by atoms with Gasteiger partial charge in [-0.15, -0.1) is 0 Å². The quantitative estimate of drug-likeness (QED) is 0.881. The third-order valence-electron chi connectivity index (χ3n) is 4.34. The molecular weight excluding hydrogens is 241 g/mol. The molecule has 19 heavy (non-hydrogen) atoms. The van der Waals surface area contributed by atoms with Gasteiger partial charge >= 0.3 is 0 Å². The first-order valence-electron chi connectivity index (χ1n) is 6.91. The standard InChI is InChI=1S/C15H18FN3/c16-14-4-3-11(7-17)6-13(14)10-19-5-1-2-12-8-18-9-15(12)19/h3-4,6,12,15,18H,1-2,5,8-10H2. The molecule has 1 N–H and O–H groups in total. The normalized spacial score (nSPS) is 26.9. The molecule has 100 valence electrons. The van der Waals surface area contributed by atoms with Crippen LogP contribution in [-0.4, -0.2) is 30.6 Å². The molecular formula is C15H18FN3. The zero-order valence-electron chi connectivity index (χ0n) is 10.9. The lowest BCUT2D eigenvalue weighted by atomic mass is 9.91. The summed E-state index contributed by atoms with van der Waals surface area (Å²) in [6.45, 7) is 3.73. The van der Waals surface area contributed by atoms with Crippen LogP contribution in [0.5, 0.6) is 0 Å². The number of benzene rings is 1. The van der Waals surface area contributed by atoms with E-state index in [-0.39, 0.29) is 5.82 Å². The molecule has 3 nitrogen and oxygen atoms in total. The topological polar surface area (TPSA) is 39.1 Å². The van der Waals surface area contributed by atoms with E-state index >= 15 is 0 Å². The van der Waals surface area contributed by atoms with E-state index in [0.717, 1.165) is 19.6 Å². The number of halogens is 1. The van der Waals surface area contributed by atoms with Crippen LogP contribution in [-0.2, 0) is 6.54 Å². The van der Waals surface area contributed by atoms with Gasteiger partial charge in [0, 0.05) is 24.7 Å². The Morgan fingerprint density at radius 3 is 3.16 bits per heavy atom. The summed E-state index contributed by atoms with van der Waals surface area (Å²) in [7, 11) is 0. The van der Waals surface area contributed by atoms with Crippen molar-refractivity contribution in [2.24, 2.45) is 5.92 Å². The lowest BCUT2D eigenvalue weighted by molar-refractivity contribution is 0.116. The van der Waals surface area contributed by atoms with Gasteiger partial charge in [-0.3, -0.25) is 4.90 Å². The van der Waals surface area contributed by atoms with E-state index < -0.39 is 0 Å². The predicted octanol–water partition coefficient (Wildman–Crippen LogP) is 1.88. The molecule has 1 aromatic rings. The number of hydrogen-bond donors (Lipinski definition) is 1. The van der Waals surface area contributed by atoms with Crippen molar-refractivity contribution in [3.8, 4) is 6.07 Å². The van der Waals surface area contributed by atoms with Crippen LogP contribution in [0, 0.1) is 23.1 Å². The lowest BCUT2D eigenvalue weighted by Crippen LogP contribution is -2.44. The predicted molar refractivity (Wildman–Crippen MR) is 70.9 cm³/mol. The number of nitriles is 1. The number of nitrogens with zero attached hydrogens (tertiary/aromatic N) is 2. The summed E-state index contributed by atoms with van der Waals surface area (Å²) in [6.07, 6.45) is 2.46. The first-order chi connectivity index (χ1) is 9.28. The van der Waals surface area contributed by atoms with Gasteiger partial charge in [0.25, 0.3) is 0 Å². The van der Waals surface area contributed by atoms with Crippen LogP contribution in [0.25, 0.3) is 0 Å². The van der Waals surface area contributed by atoms with Crippen LogP contribution >= 0.6 is 0 Å². The van der Waals surface area contributed by atoms with Crippen LogP contribution in [0.15, 0.2) is 18.2 Å². The van der Waals surface area contributed by atoms with Gasteiger partial charge in [-0.1, -0.05) is 0 Å². The minimum atomic E-state index is -0.202. The van der Waals surface area contributed by atoms with Crippen molar-refractivity contribution in [2.75, 3.05) is 19.6 Å². The van der Waals surface area contributed by atoms with E-state index in [0.29, 0.717) is 29.6 Å². The number of nitrogens with one attached hydrogen (secondary N) is 1. The highest BCUT2D eigenvalue weighted by Gasteiger charge is 2.34. The van der Waals surface area contributed by atoms with Crippen molar-refractivity contribution in [1.29, 1.82) is 5.26 Å². The number of likely N-dealkylation sites (tertiary alicyclic amines) is 1. The Morgan fingerprint density at radius 2 is 2.32 bits per heavy atom. The van der Waals surface area contributed by atoms with Crippen molar-refractivity contribution in [3.63, 3.8) is 0 Å². The van der Waals surface area contributed by atoms with Gasteiger partial charge in [-0.05, 0) is 50.0 Å². The maximum atomic E-state index is 13.9. The molecule has 0 spiro atoms. The molecule has 2 aliphatic heterocycles. The van der Waals surface area contributed by atoms with Crippen molar-refractivity contribution in [1.82, 2.24) is 10.2 Å². The second kappa shape index (κ2) is 5.28. The highest BCUT2D eigenvalue weighted by molar-refractivity contribution is 5.33. The molecule has 0 amide bonds. The van der Waals surface area contributed by atoms with Crippen LogP contribution in [0.1, 0.15) is 24.0 Å². The summed E-state index contributed by atoms with van der Waals surface area (Å²) in [6, 6.07) is 7.23. The van der Waals surface area contributed by atoms with Crippen molar-refractivity contribution < 1.29 is 4.39 Å². The molecule has 4 heteroatoms. The third kappa shape index (κ3) is 2.49. The van der Waals surface area contributed by atoms with Gasteiger partial charge in [0.15, 0.2) is 0 Å². The van der Waals surface area contributed by atoms with Gasteiger partial charge in [0.2, 0.25) is 0 Å². The fourth-order valence-electron chi connectivity index (χ4n) is 3.34. The molecule has 0 radical (unpaired) electrons. The molecule has 0 aromatic heterocycles. The zero-order chi connectivity index (χ0) is 13.2. The molecule has 2 atom stereocenters. The van der Waals surface area contributed by atoms with Crippen LogP contribution in [0.2, 0.25) is 0 Å². The van der Waals surface area contributed by atoms with E-state index in [9.17, 15) is 4.39 Å². The summed E-state index contributed by atoms with van der Waals surface area (Å²) in [4.78, 5) is 2.37. The Morgan fingerprint density at radius 1 is 1.42 bits per heavy atom. The average molecular weight is 259 g/mol. The Labute approximate surface area is 113 Å². The molecule has 2 heterocycles. The van der Waals surface area contributed by atoms with Gasteiger partial charge < -0.3 is 5.32 Å². The number of fused-ring (bicyclic) bond motifs is 1. The number of rotatable bonds is 2. The van der Waals surface area contributed by atoms with Gasteiger partial charge in [0.1, 0.15) is 5.82 Å². The number of hydrogen-bond acceptors (Lipinski definition) is 3. The Hall–Kier alpha value is -1.44. The summed E-state index contributed by atoms with van der Waals surface area (Å²) in [5.74, 6) is 0.503. The van der Waals surface area contributed by atoms with Gasteiger partial charge in [0.05, 0.1) is 11.6 Å². The maximum Gasteiger partial charge on any atom is 0.127 e. The number of piperidine rings is 1. The van der Waals surface area contributed by atoms with E-state index in [4.69, 9.17) is 5.26 Å². The van der Waals surface area contributed by atoms with E-state index in [1.165, 1.54) is 25.0 Å². The molecule has 2 aliphatic rings. The summed E-state index contributed by atoms with van der Waals surface area (Å²) < 4.78 is 13.9. The monoisotopic (exact) mass is 259 g/mol. The van der Waals surface area contributed by atoms with Crippen molar-refractivity contribution >= 4 is 0 Å². The summed E-state index contributed by atoms with van der Waals surface area (Å²) in [5.41, 5.74) is 1.18. The van der Waals surface area contributed by atoms with Gasteiger partial charge in [-0.25, -0.2) is 4.39 Å². The second-order valence-electron chi connectivity index (χ2n) is 5.52. The second-order valence-corrected chi connectivity index (χ2v) is 5.52. The molecule has 3 rings (SSSR count). The minimum Gasteiger partial charge on any atom is -0.315 e. The SMILES string of the molecule is N#Cc1ccc(F)c(CN2CCCC3CNCC32)c1. The van der Waals surface area contributed by atoms with Crippen molar-refractivity contribution in [2.45, 2.75) is 25.4 Å². The first-order valence-corrected chi connectivity index (χ1v) is 6.91. The smallest absolute Gasteiger partial charge is 0.127 e. The largest absolute Gasteiger partial charge is 0.315 e. The van der Waals surface area contributed by atoms with E-state index in [1.54, 1.807) is 6.07 Å². The van der Waals surface area contributed by atoms with E-state index in [2.05, 4.69) is 16.3 Å². The molecule has 2 saturated heterocycles. The highest BCUT2D eigenvalue weighted by Crippen LogP contribution is 2.28. The fraction of sp³-hybridized carbons (Fsp3) is 0.533. The average Bonchev–Trinajstić information content (AvgIpc) is 2.90. The molecule has 2 fully saturated rings. The van der Waals surface area contributed by atoms with Crippen molar-refractivity contribution in [3.05, 3.63) is 35.1 Å². The third-order valence-corrected chi connectivity index (χ3v) is 4.34. The van der Waals surface area contributed by atoms with E-state index in [1.807, 2.05) is 0 Å². The highest BCUT2D eigenvalue weighted by atomic mass is 19.1. The van der Waals surface area contributed by atoms with Crippen LogP contribution in [0.4, 0.5) is 4.39 Å². The van der Waals surface area contributed by atoms with Crippen LogP contribution < -0.4 is 5.32 Å². The molecule has 2 unspecified atom stereocenters. The molecule has 0 aliphatic carbocycles. The van der Waals surface area contributed by atoms with Gasteiger partial charge in [-0.2, -0.15) is 5.26 Å².